The molecule has 1 aromatic rings. The molecule has 0 heterocycles. The molecule has 4 heteroatoms. The minimum atomic E-state index is -0.487. The normalized spacial score (nSPS) is 12.1. The number of anilines is 1. The van der Waals surface area contributed by atoms with Gasteiger partial charge in [0.25, 0.3) is 0 Å². The smallest absolute Gasteiger partial charge is 0.146 e. The Morgan fingerprint density at radius 1 is 1.57 bits per heavy atom. The molecule has 0 aliphatic heterocycles. The average molecular weight is 193 g/mol. The maximum absolute atomic E-state index is 13.1. The van der Waals surface area contributed by atoms with Gasteiger partial charge in [0.1, 0.15) is 5.82 Å². The molecule has 14 heavy (non-hydrogen) atoms. The average Bonchev–Trinajstić information content (AvgIpc) is 2.11. The summed E-state index contributed by atoms with van der Waals surface area (Å²) in [7, 11) is 0. The van der Waals surface area contributed by atoms with Crippen LogP contribution in [0.5, 0.6) is 0 Å². The lowest BCUT2D eigenvalue weighted by Crippen LogP contribution is -2.11. The van der Waals surface area contributed by atoms with Crippen molar-refractivity contribution in [3.8, 4) is 6.07 Å². The highest BCUT2D eigenvalue weighted by molar-refractivity contribution is 5.46. The number of halogens is 1. The minimum absolute atomic E-state index is 0.107. The SMILES string of the molecule is Cc1cc(N)c(F)cc1[C@H](N)CC#N. The van der Waals surface area contributed by atoms with Crippen molar-refractivity contribution in [3.63, 3.8) is 0 Å². The van der Waals surface area contributed by atoms with Gasteiger partial charge in [-0.3, -0.25) is 0 Å². The second-order valence-electron chi connectivity index (χ2n) is 3.20. The number of hydrogen-bond acceptors (Lipinski definition) is 3. The number of aryl methyl sites for hydroxylation is 1. The van der Waals surface area contributed by atoms with Crippen molar-refractivity contribution < 1.29 is 4.39 Å². The van der Waals surface area contributed by atoms with Crippen molar-refractivity contribution >= 4 is 5.69 Å². The van der Waals surface area contributed by atoms with Crippen molar-refractivity contribution in [2.75, 3.05) is 5.73 Å². The van der Waals surface area contributed by atoms with Crippen LogP contribution in [0.15, 0.2) is 12.1 Å². The molecule has 0 aromatic heterocycles. The molecule has 0 radical (unpaired) electrons. The Hall–Kier alpha value is -1.60. The molecular weight excluding hydrogens is 181 g/mol. The van der Waals surface area contributed by atoms with E-state index in [0.717, 1.165) is 5.56 Å². The monoisotopic (exact) mass is 193 g/mol. The van der Waals surface area contributed by atoms with Crippen LogP contribution in [0, 0.1) is 24.1 Å². The maximum atomic E-state index is 13.1. The Morgan fingerprint density at radius 2 is 2.21 bits per heavy atom. The number of benzene rings is 1. The van der Waals surface area contributed by atoms with Crippen LogP contribution >= 0.6 is 0 Å². The summed E-state index contributed by atoms with van der Waals surface area (Å²) < 4.78 is 13.1. The maximum Gasteiger partial charge on any atom is 0.146 e. The topological polar surface area (TPSA) is 75.8 Å². The van der Waals surface area contributed by atoms with Crippen LogP contribution < -0.4 is 11.5 Å². The molecule has 74 valence electrons. The van der Waals surface area contributed by atoms with Gasteiger partial charge in [0.05, 0.1) is 18.2 Å². The molecule has 3 nitrogen and oxygen atoms in total. The summed E-state index contributed by atoms with van der Waals surface area (Å²) in [5.41, 5.74) is 12.6. The van der Waals surface area contributed by atoms with Gasteiger partial charge in [-0.1, -0.05) is 0 Å². The molecule has 0 aliphatic carbocycles. The number of nitrogens with two attached hydrogens (primary N) is 2. The van der Waals surface area contributed by atoms with Gasteiger partial charge in [-0.15, -0.1) is 0 Å². The first-order valence-electron chi connectivity index (χ1n) is 4.24. The van der Waals surface area contributed by atoms with E-state index in [1.165, 1.54) is 12.1 Å². The highest BCUT2D eigenvalue weighted by Gasteiger charge is 2.11. The number of rotatable bonds is 2. The van der Waals surface area contributed by atoms with Crippen molar-refractivity contribution in [1.82, 2.24) is 0 Å². The second kappa shape index (κ2) is 4.07. The van der Waals surface area contributed by atoms with Gasteiger partial charge in [-0.2, -0.15) is 5.26 Å². The van der Waals surface area contributed by atoms with Crippen LogP contribution in [0.1, 0.15) is 23.6 Å². The summed E-state index contributed by atoms with van der Waals surface area (Å²) in [5.74, 6) is -0.487. The quantitative estimate of drug-likeness (QED) is 0.701. The number of nitrogens with zero attached hydrogens (tertiary/aromatic N) is 1. The Bertz CT molecular complexity index is 382. The summed E-state index contributed by atoms with van der Waals surface area (Å²) in [6.45, 7) is 1.79. The lowest BCUT2D eigenvalue weighted by molar-refractivity contribution is 0.623. The molecule has 1 atom stereocenters. The summed E-state index contributed by atoms with van der Waals surface area (Å²) >= 11 is 0. The van der Waals surface area contributed by atoms with Crippen molar-refractivity contribution in [1.29, 1.82) is 5.26 Å². The molecule has 0 fully saturated rings. The standard InChI is InChI=1S/C10H12FN3/c1-6-4-10(14)8(11)5-7(6)9(13)2-3-12/h4-5,9H,2,13-14H2,1H3/t9-/m1/s1. The molecule has 0 spiro atoms. The zero-order valence-electron chi connectivity index (χ0n) is 7.92. The lowest BCUT2D eigenvalue weighted by Gasteiger charge is -2.12. The van der Waals surface area contributed by atoms with Crippen LogP contribution in [0.4, 0.5) is 10.1 Å². The van der Waals surface area contributed by atoms with Gasteiger partial charge < -0.3 is 11.5 Å². The van der Waals surface area contributed by atoms with Gasteiger partial charge in [-0.05, 0) is 30.2 Å². The zero-order chi connectivity index (χ0) is 10.7. The van der Waals surface area contributed by atoms with Gasteiger partial charge in [-0.25, -0.2) is 4.39 Å². The molecule has 4 N–H and O–H groups in total. The number of nitrogen functional groups attached to an aromatic ring is 1. The Morgan fingerprint density at radius 3 is 2.79 bits per heavy atom. The molecule has 0 amide bonds. The molecule has 1 rings (SSSR count). The van der Waals surface area contributed by atoms with Gasteiger partial charge in [0, 0.05) is 6.04 Å². The van der Waals surface area contributed by atoms with Gasteiger partial charge in [0.2, 0.25) is 0 Å². The first kappa shape index (κ1) is 10.5. The summed E-state index contributed by atoms with van der Waals surface area (Å²) in [6.07, 6.45) is 0.171. The minimum Gasteiger partial charge on any atom is -0.396 e. The molecule has 1 aromatic carbocycles. The largest absolute Gasteiger partial charge is 0.396 e. The summed E-state index contributed by atoms with van der Waals surface area (Å²) in [5, 5.41) is 8.46. The first-order chi connectivity index (χ1) is 6.56. The highest BCUT2D eigenvalue weighted by atomic mass is 19.1. The van der Waals surface area contributed by atoms with Crippen LogP contribution in [-0.2, 0) is 0 Å². The molecule has 0 saturated heterocycles. The van der Waals surface area contributed by atoms with E-state index in [2.05, 4.69) is 0 Å². The van der Waals surface area contributed by atoms with Crippen LogP contribution in [0.25, 0.3) is 0 Å². The van der Waals surface area contributed by atoms with E-state index in [1.807, 2.05) is 6.07 Å². The van der Waals surface area contributed by atoms with Crippen LogP contribution in [0.3, 0.4) is 0 Å². The first-order valence-corrected chi connectivity index (χ1v) is 4.24. The third-order valence-electron chi connectivity index (χ3n) is 2.10. The molecule has 0 unspecified atom stereocenters. The Labute approximate surface area is 82.1 Å². The molecule has 0 saturated carbocycles. The van der Waals surface area contributed by atoms with Crippen molar-refractivity contribution in [2.24, 2.45) is 5.73 Å². The van der Waals surface area contributed by atoms with E-state index in [-0.39, 0.29) is 12.1 Å². The Balaban J connectivity index is 3.10. The van der Waals surface area contributed by atoms with Crippen molar-refractivity contribution in [2.45, 2.75) is 19.4 Å². The predicted octanol–water partition coefficient (Wildman–Crippen LogP) is 1.63. The number of hydrogen-bond donors (Lipinski definition) is 2. The fourth-order valence-corrected chi connectivity index (χ4v) is 1.33. The van der Waals surface area contributed by atoms with Gasteiger partial charge in [0.15, 0.2) is 0 Å². The van der Waals surface area contributed by atoms with E-state index in [4.69, 9.17) is 16.7 Å². The van der Waals surface area contributed by atoms with E-state index in [0.29, 0.717) is 5.56 Å². The van der Waals surface area contributed by atoms with E-state index in [9.17, 15) is 4.39 Å². The molecule has 0 bridgehead atoms. The molecule has 0 aliphatic rings. The third kappa shape index (κ3) is 2.01. The van der Waals surface area contributed by atoms with Crippen molar-refractivity contribution in [3.05, 3.63) is 29.1 Å². The molecular formula is C10H12FN3. The zero-order valence-corrected chi connectivity index (χ0v) is 7.92. The van der Waals surface area contributed by atoms with Gasteiger partial charge >= 0.3 is 0 Å². The summed E-state index contributed by atoms with van der Waals surface area (Å²) in [6, 6.07) is 4.33. The van der Waals surface area contributed by atoms with Crippen LogP contribution in [-0.4, -0.2) is 0 Å². The highest BCUT2D eigenvalue weighted by Crippen LogP contribution is 2.23. The van der Waals surface area contributed by atoms with Crippen LogP contribution in [0.2, 0.25) is 0 Å². The summed E-state index contributed by atoms with van der Waals surface area (Å²) in [4.78, 5) is 0. The predicted molar refractivity (Wildman–Crippen MR) is 52.7 cm³/mol. The van der Waals surface area contributed by atoms with E-state index < -0.39 is 11.9 Å². The van der Waals surface area contributed by atoms with E-state index in [1.54, 1.807) is 6.92 Å². The second-order valence-corrected chi connectivity index (χ2v) is 3.20. The van der Waals surface area contributed by atoms with E-state index >= 15 is 0 Å². The fraction of sp³-hybridized carbons (Fsp3) is 0.300. The fourth-order valence-electron chi connectivity index (χ4n) is 1.33. The lowest BCUT2D eigenvalue weighted by atomic mass is 9.99. The third-order valence-corrected chi connectivity index (χ3v) is 2.10. The number of nitriles is 1. The Kier molecular flexibility index (Phi) is 3.05.